The number of rotatable bonds is 3. The lowest BCUT2D eigenvalue weighted by molar-refractivity contribution is 0.600. The average molecular weight is 299 g/mol. The molecule has 0 aliphatic heterocycles. The molecule has 0 atom stereocenters. The summed E-state index contributed by atoms with van der Waals surface area (Å²) in [4.78, 5) is 1.14. The third kappa shape index (κ3) is 3.14. The van der Waals surface area contributed by atoms with Gasteiger partial charge in [0.2, 0.25) is 10.0 Å². The zero-order valence-corrected chi connectivity index (χ0v) is 12.5. The van der Waals surface area contributed by atoms with Crippen LogP contribution >= 0.6 is 23.1 Å². The van der Waals surface area contributed by atoms with E-state index in [1.165, 1.54) is 22.5 Å². The number of nitrogens with two attached hydrogens (primary N) is 1. The van der Waals surface area contributed by atoms with E-state index in [0.29, 0.717) is 0 Å². The Morgan fingerprint density at radius 1 is 1.17 bits per heavy atom. The van der Waals surface area contributed by atoms with Crippen molar-refractivity contribution in [2.75, 3.05) is 0 Å². The maximum atomic E-state index is 11.2. The first-order valence-electron chi connectivity index (χ1n) is 5.24. The number of thiophene rings is 1. The van der Waals surface area contributed by atoms with Crippen molar-refractivity contribution >= 4 is 33.1 Å². The fraction of sp³-hybridized carbons (Fsp3) is 0.167. The fourth-order valence-electron chi connectivity index (χ4n) is 1.44. The summed E-state index contributed by atoms with van der Waals surface area (Å²) >= 11 is 2.76. The van der Waals surface area contributed by atoms with Crippen LogP contribution in [0.4, 0.5) is 0 Å². The highest BCUT2D eigenvalue weighted by atomic mass is 32.3. The summed E-state index contributed by atoms with van der Waals surface area (Å²) in [5.74, 6) is 0. The molecule has 2 N–H and O–H groups in total. The van der Waals surface area contributed by atoms with Gasteiger partial charge in [-0.3, -0.25) is 0 Å². The summed E-state index contributed by atoms with van der Waals surface area (Å²) in [5.41, 5.74) is 2.36. The Balaban J connectivity index is 2.29. The van der Waals surface area contributed by atoms with E-state index in [1.54, 1.807) is 23.9 Å². The Kier molecular flexibility index (Phi) is 3.82. The van der Waals surface area contributed by atoms with E-state index >= 15 is 0 Å². The van der Waals surface area contributed by atoms with E-state index in [-0.39, 0.29) is 4.21 Å². The Morgan fingerprint density at radius 2 is 1.89 bits per heavy atom. The van der Waals surface area contributed by atoms with Gasteiger partial charge in [-0.05, 0) is 43.2 Å². The summed E-state index contributed by atoms with van der Waals surface area (Å²) in [7, 11) is -3.59. The first-order valence-corrected chi connectivity index (χ1v) is 8.42. The number of sulfonamides is 1. The van der Waals surface area contributed by atoms with E-state index in [1.807, 2.05) is 13.8 Å². The molecule has 0 saturated carbocycles. The molecule has 0 fully saturated rings. The topological polar surface area (TPSA) is 60.2 Å². The number of hydrogen-bond acceptors (Lipinski definition) is 4. The van der Waals surface area contributed by atoms with Gasteiger partial charge in [0.05, 0.1) is 4.21 Å². The number of aryl methyl sites for hydroxylation is 2. The van der Waals surface area contributed by atoms with Gasteiger partial charge in [-0.1, -0.05) is 23.9 Å². The molecule has 0 unspecified atom stereocenters. The normalized spacial score (nSPS) is 11.7. The van der Waals surface area contributed by atoms with Gasteiger partial charge < -0.3 is 0 Å². The van der Waals surface area contributed by atoms with E-state index in [9.17, 15) is 8.42 Å². The molecule has 1 aromatic carbocycles. The zero-order chi connectivity index (χ0) is 13.3. The second-order valence-electron chi connectivity index (χ2n) is 3.99. The minimum Gasteiger partial charge on any atom is -0.224 e. The van der Waals surface area contributed by atoms with Crippen molar-refractivity contribution in [1.82, 2.24) is 0 Å². The summed E-state index contributed by atoms with van der Waals surface area (Å²) in [6.07, 6.45) is 0. The first-order chi connectivity index (χ1) is 8.36. The van der Waals surface area contributed by atoms with Crippen LogP contribution in [0.3, 0.4) is 0 Å². The molecule has 18 heavy (non-hydrogen) atoms. The molecule has 3 nitrogen and oxygen atoms in total. The maximum Gasteiger partial charge on any atom is 0.247 e. The third-order valence-corrected chi connectivity index (χ3v) is 6.21. The van der Waals surface area contributed by atoms with Crippen LogP contribution in [0.2, 0.25) is 0 Å². The van der Waals surface area contributed by atoms with Crippen LogP contribution in [0.15, 0.2) is 43.6 Å². The molecule has 1 heterocycles. The third-order valence-electron chi connectivity index (χ3n) is 2.39. The van der Waals surface area contributed by atoms with Crippen LogP contribution in [0.25, 0.3) is 0 Å². The van der Waals surface area contributed by atoms with E-state index in [2.05, 4.69) is 18.2 Å². The molecule has 0 amide bonds. The summed E-state index contributed by atoms with van der Waals surface area (Å²) in [6.45, 7) is 4.07. The summed E-state index contributed by atoms with van der Waals surface area (Å²) in [6, 6.07) is 9.55. The number of primary sulfonamides is 1. The van der Waals surface area contributed by atoms with Crippen molar-refractivity contribution in [3.8, 4) is 0 Å². The second kappa shape index (κ2) is 5.05. The maximum absolute atomic E-state index is 11.2. The van der Waals surface area contributed by atoms with Crippen molar-refractivity contribution in [2.45, 2.75) is 27.2 Å². The number of benzene rings is 1. The van der Waals surface area contributed by atoms with Crippen LogP contribution < -0.4 is 5.14 Å². The predicted molar refractivity (Wildman–Crippen MR) is 75.7 cm³/mol. The van der Waals surface area contributed by atoms with Crippen LogP contribution in [0, 0.1) is 13.8 Å². The molecule has 2 aromatic rings. The molecular formula is C12H13NO2S3. The molecule has 0 radical (unpaired) electrons. The molecule has 0 saturated heterocycles. The molecule has 96 valence electrons. The van der Waals surface area contributed by atoms with Gasteiger partial charge in [0.15, 0.2) is 0 Å². The van der Waals surface area contributed by atoms with Crippen molar-refractivity contribution in [3.05, 3.63) is 41.5 Å². The molecule has 1 aromatic heterocycles. The Hall–Kier alpha value is -0.820. The van der Waals surface area contributed by atoms with E-state index in [4.69, 9.17) is 5.14 Å². The van der Waals surface area contributed by atoms with Crippen LogP contribution in [0.1, 0.15) is 11.1 Å². The van der Waals surface area contributed by atoms with Crippen molar-refractivity contribution in [1.29, 1.82) is 0 Å². The van der Waals surface area contributed by atoms with Gasteiger partial charge in [-0.2, -0.15) is 0 Å². The minimum absolute atomic E-state index is 0.204. The summed E-state index contributed by atoms with van der Waals surface area (Å²) in [5, 5.41) is 5.09. The zero-order valence-electron chi connectivity index (χ0n) is 10.0. The lowest BCUT2D eigenvalue weighted by atomic mass is 10.2. The van der Waals surface area contributed by atoms with E-state index < -0.39 is 10.0 Å². The highest BCUT2D eigenvalue weighted by Gasteiger charge is 2.12. The van der Waals surface area contributed by atoms with Crippen molar-refractivity contribution in [3.63, 3.8) is 0 Å². The molecular weight excluding hydrogens is 286 g/mol. The molecule has 0 spiro atoms. The quantitative estimate of drug-likeness (QED) is 0.947. The van der Waals surface area contributed by atoms with Gasteiger partial charge in [0, 0.05) is 4.90 Å². The standard InChI is InChI=1S/C12H13NO2S3/c1-8-3-4-9(2)10(7-8)16-11-5-6-12(17-11)18(13,14)15/h3-7H,1-2H3,(H2,13,14,15). The van der Waals surface area contributed by atoms with E-state index in [0.717, 1.165) is 9.10 Å². The number of hydrogen-bond donors (Lipinski definition) is 1. The highest BCUT2D eigenvalue weighted by molar-refractivity contribution is 8.01. The lowest BCUT2D eigenvalue weighted by Crippen LogP contribution is -2.09. The van der Waals surface area contributed by atoms with Gasteiger partial charge in [0.1, 0.15) is 4.21 Å². The monoisotopic (exact) mass is 299 g/mol. The minimum atomic E-state index is -3.59. The van der Waals surface area contributed by atoms with Gasteiger partial charge in [-0.15, -0.1) is 11.3 Å². The average Bonchev–Trinajstić information content (AvgIpc) is 2.71. The van der Waals surface area contributed by atoms with Gasteiger partial charge in [-0.25, -0.2) is 13.6 Å². The molecule has 2 rings (SSSR count). The fourth-order valence-corrected chi connectivity index (χ4v) is 4.59. The Labute approximate surface area is 115 Å². The molecule has 0 aliphatic rings. The Bertz CT molecular complexity index is 674. The largest absolute Gasteiger partial charge is 0.247 e. The summed E-state index contributed by atoms with van der Waals surface area (Å²) < 4.78 is 23.5. The highest BCUT2D eigenvalue weighted by Crippen LogP contribution is 2.36. The molecule has 0 bridgehead atoms. The lowest BCUT2D eigenvalue weighted by Gasteiger charge is -2.04. The predicted octanol–water partition coefficient (Wildman–Crippen LogP) is 3.16. The molecule has 0 aliphatic carbocycles. The van der Waals surface area contributed by atoms with Crippen LogP contribution in [0.5, 0.6) is 0 Å². The van der Waals surface area contributed by atoms with Crippen molar-refractivity contribution < 1.29 is 8.42 Å². The van der Waals surface area contributed by atoms with Crippen molar-refractivity contribution in [2.24, 2.45) is 5.14 Å². The first kappa shape index (κ1) is 13.6. The molecule has 6 heteroatoms. The van der Waals surface area contributed by atoms with Gasteiger partial charge in [0.25, 0.3) is 0 Å². The van der Waals surface area contributed by atoms with Crippen LogP contribution in [-0.2, 0) is 10.0 Å². The smallest absolute Gasteiger partial charge is 0.224 e. The Morgan fingerprint density at radius 3 is 2.50 bits per heavy atom. The van der Waals surface area contributed by atoms with Crippen LogP contribution in [-0.4, -0.2) is 8.42 Å². The van der Waals surface area contributed by atoms with Gasteiger partial charge >= 0.3 is 0 Å². The SMILES string of the molecule is Cc1ccc(C)c(Sc2ccc(S(N)(=O)=O)s2)c1. The second-order valence-corrected chi connectivity index (χ2v) is 8.20.